The van der Waals surface area contributed by atoms with Crippen molar-refractivity contribution in [1.82, 2.24) is 5.32 Å². The van der Waals surface area contributed by atoms with E-state index in [1.165, 1.54) is 0 Å². The summed E-state index contributed by atoms with van der Waals surface area (Å²) in [4.78, 5) is 12.0. The predicted octanol–water partition coefficient (Wildman–Crippen LogP) is 2.66. The van der Waals surface area contributed by atoms with Gasteiger partial charge >= 0.3 is 0 Å². The van der Waals surface area contributed by atoms with Crippen LogP contribution < -0.4 is 15.4 Å². The molecule has 1 amide bonds. The van der Waals surface area contributed by atoms with Gasteiger partial charge in [-0.3, -0.25) is 4.79 Å². The molecule has 2 rings (SSSR count). The summed E-state index contributed by atoms with van der Waals surface area (Å²) < 4.78 is 5.66. The second-order valence-electron chi connectivity index (χ2n) is 5.84. The molecule has 20 heavy (non-hydrogen) atoms. The van der Waals surface area contributed by atoms with Crippen LogP contribution in [0.3, 0.4) is 0 Å². The van der Waals surface area contributed by atoms with E-state index < -0.39 is 0 Å². The molecule has 2 N–H and O–H groups in total. The van der Waals surface area contributed by atoms with Crippen LogP contribution in [0.5, 0.6) is 5.75 Å². The van der Waals surface area contributed by atoms with Crippen molar-refractivity contribution in [3.8, 4) is 5.75 Å². The summed E-state index contributed by atoms with van der Waals surface area (Å²) in [7, 11) is 0. The molecule has 1 saturated heterocycles. The van der Waals surface area contributed by atoms with Crippen molar-refractivity contribution in [3.05, 3.63) is 24.3 Å². The average Bonchev–Trinajstić information content (AvgIpc) is 2.89. The van der Waals surface area contributed by atoms with E-state index in [0.717, 1.165) is 30.9 Å². The average molecular weight is 276 g/mol. The van der Waals surface area contributed by atoms with Crippen molar-refractivity contribution in [3.63, 3.8) is 0 Å². The number of carbonyl (C=O) groups excluding carboxylic acids is 1. The Morgan fingerprint density at radius 1 is 1.50 bits per heavy atom. The van der Waals surface area contributed by atoms with Crippen LogP contribution in [0, 0.1) is 11.8 Å². The van der Waals surface area contributed by atoms with E-state index in [4.69, 9.17) is 4.74 Å². The minimum atomic E-state index is 0.0831. The largest absolute Gasteiger partial charge is 0.493 e. The quantitative estimate of drug-likeness (QED) is 0.840. The Morgan fingerprint density at radius 2 is 2.35 bits per heavy atom. The normalized spacial score (nSPS) is 18.2. The molecule has 0 radical (unpaired) electrons. The lowest BCUT2D eigenvalue weighted by molar-refractivity contribution is -0.116. The number of rotatable bonds is 6. The zero-order chi connectivity index (χ0) is 14.4. The molecule has 0 saturated carbocycles. The summed E-state index contributed by atoms with van der Waals surface area (Å²) in [6.07, 6.45) is 1.68. The van der Waals surface area contributed by atoms with Crippen molar-refractivity contribution in [2.75, 3.05) is 25.0 Å². The Hall–Kier alpha value is -1.55. The zero-order valence-corrected chi connectivity index (χ0v) is 12.3. The molecule has 4 heteroatoms. The minimum absolute atomic E-state index is 0.0831. The SMILES string of the molecule is CC(C)COc1cccc(NC(=O)CC2CCNC2)c1. The van der Waals surface area contributed by atoms with Gasteiger partial charge in [0, 0.05) is 18.2 Å². The fourth-order valence-electron chi connectivity index (χ4n) is 2.29. The molecule has 1 aliphatic rings. The molecule has 1 fully saturated rings. The van der Waals surface area contributed by atoms with Gasteiger partial charge in [0.15, 0.2) is 0 Å². The molecule has 4 nitrogen and oxygen atoms in total. The van der Waals surface area contributed by atoms with Crippen molar-refractivity contribution >= 4 is 11.6 Å². The molecular formula is C16H24N2O2. The summed E-state index contributed by atoms with van der Waals surface area (Å²) in [6.45, 7) is 6.88. The number of hydrogen-bond donors (Lipinski definition) is 2. The minimum Gasteiger partial charge on any atom is -0.493 e. The highest BCUT2D eigenvalue weighted by molar-refractivity contribution is 5.91. The Labute approximate surface area is 120 Å². The van der Waals surface area contributed by atoms with Gasteiger partial charge in [-0.15, -0.1) is 0 Å². The Morgan fingerprint density at radius 3 is 3.05 bits per heavy atom. The maximum absolute atomic E-state index is 12.0. The number of hydrogen-bond acceptors (Lipinski definition) is 3. The maximum atomic E-state index is 12.0. The second kappa shape index (κ2) is 7.29. The predicted molar refractivity (Wildman–Crippen MR) is 81.0 cm³/mol. The van der Waals surface area contributed by atoms with E-state index in [1.807, 2.05) is 24.3 Å². The van der Waals surface area contributed by atoms with Gasteiger partial charge in [0.25, 0.3) is 0 Å². The topological polar surface area (TPSA) is 50.4 Å². The lowest BCUT2D eigenvalue weighted by atomic mass is 10.0. The van der Waals surface area contributed by atoms with E-state index in [0.29, 0.717) is 24.9 Å². The van der Waals surface area contributed by atoms with Crippen molar-refractivity contribution in [2.24, 2.45) is 11.8 Å². The third kappa shape index (κ3) is 4.85. The molecule has 1 unspecified atom stereocenters. The van der Waals surface area contributed by atoms with Gasteiger partial charge in [0.2, 0.25) is 5.91 Å². The number of ether oxygens (including phenoxy) is 1. The molecule has 1 aliphatic heterocycles. The fraction of sp³-hybridized carbons (Fsp3) is 0.562. The van der Waals surface area contributed by atoms with Crippen LogP contribution in [-0.4, -0.2) is 25.6 Å². The van der Waals surface area contributed by atoms with Crippen LogP contribution >= 0.6 is 0 Å². The lowest BCUT2D eigenvalue weighted by Gasteiger charge is -2.12. The van der Waals surface area contributed by atoms with Crippen molar-refractivity contribution in [2.45, 2.75) is 26.7 Å². The molecule has 1 heterocycles. The highest BCUT2D eigenvalue weighted by Gasteiger charge is 2.18. The molecule has 1 aromatic carbocycles. The molecule has 0 bridgehead atoms. The second-order valence-corrected chi connectivity index (χ2v) is 5.84. The maximum Gasteiger partial charge on any atom is 0.224 e. The van der Waals surface area contributed by atoms with Crippen LogP contribution in [0.1, 0.15) is 26.7 Å². The lowest BCUT2D eigenvalue weighted by Crippen LogP contribution is -2.18. The fourth-order valence-corrected chi connectivity index (χ4v) is 2.29. The number of carbonyl (C=O) groups is 1. The standard InChI is InChI=1S/C16H24N2O2/c1-12(2)11-20-15-5-3-4-14(9-15)18-16(19)8-13-6-7-17-10-13/h3-5,9,12-13,17H,6-8,10-11H2,1-2H3,(H,18,19). The summed E-state index contributed by atoms with van der Waals surface area (Å²) in [5.41, 5.74) is 0.808. The van der Waals surface area contributed by atoms with Gasteiger partial charge < -0.3 is 15.4 Å². The first-order valence-corrected chi connectivity index (χ1v) is 7.37. The van der Waals surface area contributed by atoms with Crippen LogP contribution in [0.15, 0.2) is 24.3 Å². The van der Waals surface area contributed by atoms with E-state index >= 15 is 0 Å². The van der Waals surface area contributed by atoms with Gasteiger partial charge in [-0.05, 0) is 43.5 Å². The number of nitrogens with one attached hydrogen (secondary N) is 2. The van der Waals surface area contributed by atoms with Crippen LogP contribution in [0.2, 0.25) is 0 Å². The van der Waals surface area contributed by atoms with E-state index in [1.54, 1.807) is 0 Å². The number of anilines is 1. The van der Waals surface area contributed by atoms with E-state index in [2.05, 4.69) is 24.5 Å². The van der Waals surface area contributed by atoms with Gasteiger partial charge in [0.1, 0.15) is 5.75 Å². The third-order valence-corrected chi connectivity index (χ3v) is 3.34. The summed E-state index contributed by atoms with van der Waals surface area (Å²) in [5.74, 6) is 1.84. The first kappa shape index (κ1) is 14.9. The summed E-state index contributed by atoms with van der Waals surface area (Å²) in [5, 5.41) is 6.23. The smallest absolute Gasteiger partial charge is 0.224 e. The van der Waals surface area contributed by atoms with Crippen molar-refractivity contribution < 1.29 is 9.53 Å². The molecule has 110 valence electrons. The van der Waals surface area contributed by atoms with Gasteiger partial charge in [-0.1, -0.05) is 19.9 Å². The number of amides is 1. The Kier molecular flexibility index (Phi) is 5.41. The highest BCUT2D eigenvalue weighted by atomic mass is 16.5. The Bertz CT molecular complexity index is 440. The molecule has 0 aromatic heterocycles. The zero-order valence-electron chi connectivity index (χ0n) is 12.3. The van der Waals surface area contributed by atoms with Crippen molar-refractivity contribution in [1.29, 1.82) is 0 Å². The van der Waals surface area contributed by atoms with Gasteiger partial charge in [0.05, 0.1) is 6.61 Å². The van der Waals surface area contributed by atoms with E-state index in [9.17, 15) is 4.79 Å². The molecule has 1 atom stereocenters. The number of benzene rings is 1. The molecule has 0 aliphatic carbocycles. The molecule has 1 aromatic rings. The monoisotopic (exact) mass is 276 g/mol. The molecular weight excluding hydrogens is 252 g/mol. The molecule has 0 spiro atoms. The van der Waals surface area contributed by atoms with Gasteiger partial charge in [-0.2, -0.15) is 0 Å². The van der Waals surface area contributed by atoms with Crippen LogP contribution in [0.25, 0.3) is 0 Å². The summed E-state index contributed by atoms with van der Waals surface area (Å²) >= 11 is 0. The highest BCUT2D eigenvalue weighted by Crippen LogP contribution is 2.19. The summed E-state index contributed by atoms with van der Waals surface area (Å²) in [6, 6.07) is 7.60. The first-order chi connectivity index (χ1) is 9.63. The van der Waals surface area contributed by atoms with Crippen LogP contribution in [-0.2, 0) is 4.79 Å². The van der Waals surface area contributed by atoms with Crippen LogP contribution in [0.4, 0.5) is 5.69 Å². The van der Waals surface area contributed by atoms with E-state index in [-0.39, 0.29) is 5.91 Å². The first-order valence-electron chi connectivity index (χ1n) is 7.37. The Balaban J connectivity index is 1.85. The third-order valence-electron chi connectivity index (χ3n) is 3.34. The van der Waals surface area contributed by atoms with Gasteiger partial charge in [-0.25, -0.2) is 0 Å².